The summed E-state index contributed by atoms with van der Waals surface area (Å²) < 4.78 is 33.8. The van der Waals surface area contributed by atoms with Crippen molar-refractivity contribution in [3.63, 3.8) is 0 Å². The van der Waals surface area contributed by atoms with Crippen molar-refractivity contribution in [3.05, 3.63) is 51.4 Å². The molecule has 2 amide bonds. The van der Waals surface area contributed by atoms with E-state index in [1.807, 2.05) is 17.5 Å². The van der Waals surface area contributed by atoms with Crippen LogP contribution in [-0.2, 0) is 9.73 Å². The summed E-state index contributed by atoms with van der Waals surface area (Å²) in [5.41, 5.74) is 0.385. The van der Waals surface area contributed by atoms with E-state index in [0.29, 0.717) is 5.69 Å². The van der Waals surface area contributed by atoms with Gasteiger partial charge < -0.3 is 10.2 Å². The molecule has 0 spiro atoms. The van der Waals surface area contributed by atoms with Crippen LogP contribution in [0, 0.1) is 10.6 Å². The molecule has 1 aliphatic heterocycles. The fraction of sp³-hybridized carbons (Fsp3) is 0.267. The third-order valence-corrected chi connectivity index (χ3v) is 7.36. The number of amides is 2. The van der Waals surface area contributed by atoms with Crippen molar-refractivity contribution in [3.8, 4) is 0 Å². The van der Waals surface area contributed by atoms with Crippen LogP contribution in [0.3, 0.4) is 0 Å². The fourth-order valence-electron chi connectivity index (χ4n) is 2.51. The Kier molecular flexibility index (Phi) is 4.80. The number of hydrogen-bond donors (Lipinski definition) is 2. The predicted molar refractivity (Wildman–Crippen MR) is 94.8 cm³/mol. The van der Waals surface area contributed by atoms with Gasteiger partial charge >= 0.3 is 6.03 Å². The standard InChI is InChI=1S/C15H15ClFN3O2S2/c16-11-8-10(3-4-12(11)17)19-15(21)20-5-7-24(18,22)14(9-20)13-2-1-6-23-13/h1-4,6,8,14,18H,5,7,9H2,(H,19,21). The van der Waals surface area contributed by atoms with E-state index in [4.69, 9.17) is 16.4 Å². The van der Waals surface area contributed by atoms with Crippen LogP contribution in [0.15, 0.2) is 35.7 Å². The predicted octanol–water partition coefficient (Wildman–Crippen LogP) is 4.18. The fourth-order valence-corrected chi connectivity index (χ4v) is 5.67. The molecule has 0 aliphatic carbocycles. The van der Waals surface area contributed by atoms with Gasteiger partial charge in [-0.05, 0) is 29.6 Å². The lowest BCUT2D eigenvalue weighted by Gasteiger charge is -2.33. The van der Waals surface area contributed by atoms with E-state index in [-0.39, 0.29) is 29.9 Å². The summed E-state index contributed by atoms with van der Waals surface area (Å²) in [5.74, 6) is -0.424. The number of thiophene rings is 1. The lowest BCUT2D eigenvalue weighted by molar-refractivity contribution is 0.213. The first-order valence-electron chi connectivity index (χ1n) is 7.16. The van der Waals surface area contributed by atoms with Gasteiger partial charge in [-0.15, -0.1) is 11.3 Å². The van der Waals surface area contributed by atoms with E-state index in [0.717, 1.165) is 4.88 Å². The number of halogens is 2. The van der Waals surface area contributed by atoms with E-state index in [1.165, 1.54) is 34.4 Å². The Bertz CT molecular complexity index is 856. The largest absolute Gasteiger partial charge is 0.322 e. The van der Waals surface area contributed by atoms with Crippen molar-refractivity contribution in [1.82, 2.24) is 4.90 Å². The van der Waals surface area contributed by atoms with E-state index in [9.17, 15) is 13.4 Å². The van der Waals surface area contributed by atoms with Gasteiger partial charge in [0, 0.05) is 29.4 Å². The van der Waals surface area contributed by atoms with E-state index in [1.54, 1.807) is 0 Å². The minimum Gasteiger partial charge on any atom is -0.322 e. The van der Waals surface area contributed by atoms with Gasteiger partial charge in [-0.3, -0.25) is 4.78 Å². The van der Waals surface area contributed by atoms with Gasteiger partial charge in [0.15, 0.2) is 0 Å². The molecular weight excluding hydrogens is 373 g/mol. The molecule has 1 fully saturated rings. The summed E-state index contributed by atoms with van der Waals surface area (Å²) >= 11 is 7.15. The number of urea groups is 1. The Balaban J connectivity index is 1.75. The lowest BCUT2D eigenvalue weighted by atomic mass is 10.3. The first-order chi connectivity index (χ1) is 11.4. The van der Waals surface area contributed by atoms with Crippen LogP contribution < -0.4 is 5.32 Å². The quantitative estimate of drug-likeness (QED) is 0.811. The number of nitrogens with one attached hydrogen (secondary N) is 2. The zero-order valence-electron chi connectivity index (χ0n) is 12.5. The topological polar surface area (TPSA) is 73.3 Å². The van der Waals surface area contributed by atoms with E-state index < -0.39 is 20.8 Å². The number of benzene rings is 1. The molecule has 128 valence electrons. The molecule has 0 radical (unpaired) electrons. The number of hydrogen-bond acceptors (Lipinski definition) is 4. The molecule has 1 saturated heterocycles. The summed E-state index contributed by atoms with van der Waals surface area (Å²) in [4.78, 5) is 14.8. The van der Waals surface area contributed by atoms with Gasteiger partial charge in [0.2, 0.25) is 0 Å². The molecule has 3 rings (SSSR count). The molecule has 2 atom stereocenters. The van der Waals surface area contributed by atoms with Crippen LogP contribution in [-0.4, -0.2) is 34.0 Å². The third kappa shape index (κ3) is 3.55. The van der Waals surface area contributed by atoms with Crippen LogP contribution in [0.4, 0.5) is 14.9 Å². The molecule has 1 aromatic heterocycles. The van der Waals surface area contributed by atoms with E-state index in [2.05, 4.69) is 5.32 Å². The molecule has 0 saturated carbocycles. The summed E-state index contributed by atoms with van der Waals surface area (Å²) in [6.45, 7) is 0.453. The molecule has 5 nitrogen and oxygen atoms in total. The molecule has 0 bridgehead atoms. The summed E-state index contributed by atoms with van der Waals surface area (Å²) in [6, 6.07) is 7.24. The minimum absolute atomic E-state index is 0.0721. The van der Waals surface area contributed by atoms with Crippen molar-refractivity contribution in [1.29, 1.82) is 4.78 Å². The molecular formula is C15H15ClFN3O2S2. The van der Waals surface area contributed by atoms with Crippen molar-refractivity contribution < 1.29 is 13.4 Å². The SMILES string of the molecule is N=S1(=O)CCN(C(=O)Nc2ccc(F)c(Cl)c2)CC1c1cccs1. The Labute approximate surface area is 148 Å². The molecule has 1 aliphatic rings. The average Bonchev–Trinajstić information content (AvgIpc) is 3.04. The third-order valence-electron chi connectivity index (χ3n) is 3.83. The van der Waals surface area contributed by atoms with Gasteiger partial charge in [-0.2, -0.15) is 0 Å². The first kappa shape index (κ1) is 17.2. The highest BCUT2D eigenvalue weighted by Gasteiger charge is 2.34. The minimum atomic E-state index is -2.78. The number of anilines is 1. The smallest absolute Gasteiger partial charge is 0.321 e. The Morgan fingerprint density at radius 1 is 1.46 bits per heavy atom. The van der Waals surface area contributed by atoms with E-state index >= 15 is 0 Å². The van der Waals surface area contributed by atoms with Gasteiger partial charge in [0.25, 0.3) is 0 Å². The average molecular weight is 388 g/mol. The van der Waals surface area contributed by atoms with Crippen molar-refractivity contribution >= 4 is 44.4 Å². The highest BCUT2D eigenvalue weighted by atomic mass is 35.5. The molecule has 1 aromatic carbocycles. The molecule has 2 unspecified atom stereocenters. The van der Waals surface area contributed by atoms with Crippen LogP contribution in [0.25, 0.3) is 0 Å². The number of carbonyl (C=O) groups excluding carboxylic acids is 1. The Morgan fingerprint density at radius 3 is 2.92 bits per heavy atom. The van der Waals surface area contributed by atoms with Gasteiger partial charge in [0.1, 0.15) is 5.82 Å². The Morgan fingerprint density at radius 2 is 2.25 bits per heavy atom. The first-order valence-corrected chi connectivity index (χ1v) is 10.2. The summed E-state index contributed by atoms with van der Waals surface area (Å²) in [5, 5.41) is 3.96. The second-order valence-corrected chi connectivity index (χ2v) is 9.26. The maximum absolute atomic E-state index is 13.2. The summed E-state index contributed by atoms with van der Waals surface area (Å²) in [7, 11) is -2.78. The van der Waals surface area contributed by atoms with Gasteiger partial charge in [0.05, 0.1) is 20.0 Å². The van der Waals surface area contributed by atoms with Crippen LogP contribution in [0.1, 0.15) is 10.1 Å². The molecule has 9 heteroatoms. The zero-order valence-corrected chi connectivity index (χ0v) is 14.9. The second kappa shape index (κ2) is 6.70. The zero-order chi connectivity index (χ0) is 17.3. The monoisotopic (exact) mass is 387 g/mol. The number of rotatable bonds is 2. The highest BCUT2D eigenvalue weighted by molar-refractivity contribution is 7.92. The van der Waals surface area contributed by atoms with Crippen LogP contribution >= 0.6 is 22.9 Å². The molecule has 2 N–H and O–H groups in total. The molecule has 2 heterocycles. The Hall–Kier alpha value is -1.64. The van der Waals surface area contributed by atoms with Crippen LogP contribution in [0.2, 0.25) is 5.02 Å². The van der Waals surface area contributed by atoms with Crippen molar-refractivity contribution in [2.75, 3.05) is 24.2 Å². The maximum atomic E-state index is 13.2. The highest BCUT2D eigenvalue weighted by Crippen LogP contribution is 2.32. The van der Waals surface area contributed by atoms with Crippen molar-refractivity contribution in [2.24, 2.45) is 0 Å². The normalized spacial score (nSPS) is 23.9. The lowest BCUT2D eigenvalue weighted by Crippen LogP contribution is -2.46. The van der Waals surface area contributed by atoms with Crippen LogP contribution in [0.5, 0.6) is 0 Å². The summed E-state index contributed by atoms with van der Waals surface area (Å²) in [6.07, 6.45) is 0. The maximum Gasteiger partial charge on any atom is 0.321 e. The number of carbonyl (C=O) groups is 1. The number of nitrogens with zero attached hydrogens (tertiary/aromatic N) is 1. The molecule has 24 heavy (non-hydrogen) atoms. The van der Waals surface area contributed by atoms with Crippen molar-refractivity contribution in [2.45, 2.75) is 5.25 Å². The second-order valence-electron chi connectivity index (χ2n) is 5.44. The van der Waals surface area contributed by atoms with Gasteiger partial charge in [-0.25, -0.2) is 13.4 Å². The molecule has 2 aromatic rings. The van der Waals surface area contributed by atoms with Gasteiger partial charge in [-0.1, -0.05) is 17.7 Å².